The Morgan fingerprint density at radius 1 is 1.35 bits per heavy atom. The Hall–Kier alpha value is -1.19. The molecule has 0 aromatic carbocycles. The van der Waals surface area contributed by atoms with Gasteiger partial charge < -0.3 is 0 Å². The summed E-state index contributed by atoms with van der Waals surface area (Å²) in [5.74, 6) is 1.01. The Labute approximate surface area is 102 Å². The van der Waals surface area contributed by atoms with Gasteiger partial charge in [-0.05, 0) is 18.8 Å². The van der Waals surface area contributed by atoms with Gasteiger partial charge in [0.2, 0.25) is 0 Å². The number of hydrogen-bond acceptors (Lipinski definition) is 3. The van der Waals surface area contributed by atoms with Crippen LogP contribution in [0.1, 0.15) is 68.1 Å². The summed E-state index contributed by atoms with van der Waals surface area (Å²) in [4.78, 5) is 11.1. The molecule has 4 heteroatoms. The van der Waals surface area contributed by atoms with Gasteiger partial charge in [0.1, 0.15) is 5.69 Å². The van der Waals surface area contributed by atoms with Gasteiger partial charge >= 0.3 is 0 Å². The van der Waals surface area contributed by atoms with Crippen molar-refractivity contribution in [3.63, 3.8) is 0 Å². The summed E-state index contributed by atoms with van der Waals surface area (Å²) in [5.41, 5.74) is 1.63. The summed E-state index contributed by atoms with van der Waals surface area (Å²) in [6.07, 6.45) is 7.04. The standard InChI is InChI=1S/C13H21N3O/c1-10(2)8-16-13(12(9-17)14-15-16)11-6-4-3-5-7-11/h9-11H,3-8H2,1-2H3. The lowest BCUT2D eigenvalue weighted by molar-refractivity contribution is 0.111. The van der Waals surface area contributed by atoms with Crippen LogP contribution in [0.5, 0.6) is 0 Å². The molecule has 0 amide bonds. The number of aldehydes is 1. The molecule has 1 aliphatic carbocycles. The first kappa shape index (κ1) is 12.3. The minimum atomic E-state index is 0.484. The van der Waals surface area contributed by atoms with Crippen molar-refractivity contribution in [1.82, 2.24) is 15.0 Å². The molecule has 1 fully saturated rings. The summed E-state index contributed by atoms with van der Waals surface area (Å²) in [5, 5.41) is 8.15. The fraction of sp³-hybridized carbons (Fsp3) is 0.769. The van der Waals surface area contributed by atoms with E-state index in [-0.39, 0.29) is 0 Å². The van der Waals surface area contributed by atoms with E-state index in [9.17, 15) is 4.79 Å². The van der Waals surface area contributed by atoms with E-state index in [1.807, 2.05) is 4.68 Å². The summed E-state index contributed by atoms with van der Waals surface area (Å²) < 4.78 is 1.95. The van der Waals surface area contributed by atoms with Crippen molar-refractivity contribution in [3.05, 3.63) is 11.4 Å². The smallest absolute Gasteiger partial charge is 0.172 e. The SMILES string of the molecule is CC(C)Cn1nnc(C=O)c1C1CCCCC1. The van der Waals surface area contributed by atoms with Crippen LogP contribution in [0.15, 0.2) is 0 Å². The fourth-order valence-corrected chi connectivity index (χ4v) is 2.69. The molecule has 1 saturated carbocycles. The molecular weight excluding hydrogens is 214 g/mol. The first-order chi connectivity index (χ1) is 8.22. The molecule has 1 aromatic heterocycles. The van der Waals surface area contributed by atoms with E-state index < -0.39 is 0 Å². The Balaban J connectivity index is 2.27. The summed E-state index contributed by atoms with van der Waals surface area (Å²) in [7, 11) is 0. The van der Waals surface area contributed by atoms with Gasteiger partial charge in [0.05, 0.1) is 5.69 Å². The Morgan fingerprint density at radius 2 is 2.06 bits per heavy atom. The monoisotopic (exact) mass is 235 g/mol. The average Bonchev–Trinajstić information content (AvgIpc) is 2.72. The third-order valence-electron chi connectivity index (χ3n) is 3.44. The van der Waals surface area contributed by atoms with Crippen LogP contribution >= 0.6 is 0 Å². The van der Waals surface area contributed by atoms with Crippen LogP contribution in [0.2, 0.25) is 0 Å². The zero-order valence-electron chi connectivity index (χ0n) is 10.7. The third kappa shape index (κ3) is 2.73. The Morgan fingerprint density at radius 3 is 2.65 bits per heavy atom. The molecule has 0 unspecified atom stereocenters. The first-order valence-corrected chi connectivity index (χ1v) is 6.61. The number of rotatable bonds is 4. The second-order valence-corrected chi connectivity index (χ2v) is 5.39. The van der Waals surface area contributed by atoms with Crippen LogP contribution in [0.25, 0.3) is 0 Å². The number of carbonyl (C=O) groups is 1. The van der Waals surface area contributed by atoms with E-state index in [1.165, 1.54) is 32.1 Å². The minimum absolute atomic E-state index is 0.484. The van der Waals surface area contributed by atoms with Gasteiger partial charge in [-0.3, -0.25) is 4.79 Å². The van der Waals surface area contributed by atoms with Crippen LogP contribution < -0.4 is 0 Å². The Kier molecular flexibility index (Phi) is 3.92. The second kappa shape index (κ2) is 5.43. The molecular formula is C13H21N3O. The maximum Gasteiger partial charge on any atom is 0.172 e. The van der Waals surface area contributed by atoms with Gasteiger partial charge in [0, 0.05) is 12.5 Å². The molecule has 1 aromatic rings. The molecule has 1 heterocycles. The molecule has 17 heavy (non-hydrogen) atoms. The number of carbonyl (C=O) groups excluding carboxylic acids is 1. The van der Waals surface area contributed by atoms with Crippen molar-refractivity contribution < 1.29 is 4.79 Å². The molecule has 0 N–H and O–H groups in total. The maximum absolute atomic E-state index is 11.1. The number of hydrogen-bond donors (Lipinski definition) is 0. The molecule has 0 bridgehead atoms. The average molecular weight is 235 g/mol. The molecule has 4 nitrogen and oxygen atoms in total. The van der Waals surface area contributed by atoms with E-state index in [2.05, 4.69) is 24.2 Å². The lowest BCUT2D eigenvalue weighted by Crippen LogP contribution is -2.16. The molecule has 1 aliphatic rings. The van der Waals surface area contributed by atoms with Crippen molar-refractivity contribution in [2.75, 3.05) is 0 Å². The highest BCUT2D eigenvalue weighted by atomic mass is 16.1. The minimum Gasteiger partial charge on any atom is -0.296 e. The van der Waals surface area contributed by atoms with Gasteiger partial charge in [-0.15, -0.1) is 5.10 Å². The lowest BCUT2D eigenvalue weighted by atomic mass is 9.86. The van der Waals surface area contributed by atoms with Crippen LogP contribution in [-0.4, -0.2) is 21.3 Å². The topological polar surface area (TPSA) is 47.8 Å². The summed E-state index contributed by atoms with van der Waals surface area (Å²) in [6.45, 7) is 5.17. The number of aromatic nitrogens is 3. The summed E-state index contributed by atoms with van der Waals surface area (Å²) >= 11 is 0. The molecule has 94 valence electrons. The number of nitrogens with zero attached hydrogens (tertiary/aromatic N) is 3. The zero-order valence-corrected chi connectivity index (χ0v) is 10.7. The highest BCUT2D eigenvalue weighted by molar-refractivity contribution is 5.73. The van der Waals surface area contributed by atoms with Gasteiger partial charge in [0.15, 0.2) is 6.29 Å². The van der Waals surface area contributed by atoms with Gasteiger partial charge in [-0.25, -0.2) is 4.68 Å². The predicted molar refractivity (Wildman–Crippen MR) is 66.1 cm³/mol. The summed E-state index contributed by atoms with van der Waals surface area (Å²) in [6, 6.07) is 0. The van der Waals surface area contributed by atoms with E-state index in [0.29, 0.717) is 17.5 Å². The second-order valence-electron chi connectivity index (χ2n) is 5.39. The molecule has 0 saturated heterocycles. The van der Waals surface area contributed by atoms with Crippen molar-refractivity contribution in [2.24, 2.45) is 5.92 Å². The van der Waals surface area contributed by atoms with E-state index >= 15 is 0 Å². The van der Waals surface area contributed by atoms with Crippen molar-refractivity contribution >= 4 is 6.29 Å². The molecule has 0 atom stereocenters. The largest absolute Gasteiger partial charge is 0.296 e. The van der Waals surface area contributed by atoms with Gasteiger partial charge in [0.25, 0.3) is 0 Å². The zero-order chi connectivity index (χ0) is 12.3. The Bertz CT molecular complexity index is 378. The normalized spacial score (nSPS) is 17.6. The van der Waals surface area contributed by atoms with E-state index in [1.54, 1.807) is 0 Å². The van der Waals surface area contributed by atoms with E-state index in [0.717, 1.165) is 18.5 Å². The van der Waals surface area contributed by atoms with Gasteiger partial charge in [-0.2, -0.15) is 0 Å². The lowest BCUT2D eigenvalue weighted by Gasteiger charge is -2.23. The van der Waals surface area contributed by atoms with E-state index in [4.69, 9.17) is 0 Å². The van der Waals surface area contributed by atoms with Crippen molar-refractivity contribution in [1.29, 1.82) is 0 Å². The predicted octanol–water partition coefficient (Wildman–Crippen LogP) is 2.79. The molecule has 2 rings (SSSR count). The third-order valence-corrected chi connectivity index (χ3v) is 3.44. The van der Waals surface area contributed by atoms with Crippen molar-refractivity contribution in [3.8, 4) is 0 Å². The van der Waals surface area contributed by atoms with Gasteiger partial charge in [-0.1, -0.05) is 38.3 Å². The quantitative estimate of drug-likeness (QED) is 0.754. The molecule has 0 aliphatic heterocycles. The van der Waals surface area contributed by atoms with Crippen molar-refractivity contribution in [2.45, 2.75) is 58.4 Å². The fourth-order valence-electron chi connectivity index (χ4n) is 2.69. The van der Waals surface area contributed by atoms with Crippen LogP contribution in [-0.2, 0) is 6.54 Å². The van der Waals surface area contributed by atoms with Crippen LogP contribution in [0.4, 0.5) is 0 Å². The highest BCUT2D eigenvalue weighted by Gasteiger charge is 2.24. The molecule has 0 spiro atoms. The highest BCUT2D eigenvalue weighted by Crippen LogP contribution is 2.33. The van der Waals surface area contributed by atoms with Crippen LogP contribution in [0, 0.1) is 5.92 Å². The maximum atomic E-state index is 11.1. The van der Waals surface area contributed by atoms with Crippen LogP contribution in [0.3, 0.4) is 0 Å². The molecule has 0 radical (unpaired) electrons. The first-order valence-electron chi connectivity index (χ1n) is 6.61.